The van der Waals surface area contributed by atoms with Gasteiger partial charge in [0.25, 0.3) is 0 Å². The number of furan rings is 1. The van der Waals surface area contributed by atoms with Crippen LogP contribution in [0.3, 0.4) is 0 Å². The van der Waals surface area contributed by atoms with Gasteiger partial charge in [-0.15, -0.1) is 0 Å². The first-order valence-corrected chi connectivity index (χ1v) is 7.27. The van der Waals surface area contributed by atoms with Crippen LogP contribution in [-0.2, 0) is 6.42 Å². The maximum Gasteiger partial charge on any atom is 0.103 e. The first-order chi connectivity index (χ1) is 7.84. The Kier molecular flexibility index (Phi) is 4.79. The van der Waals surface area contributed by atoms with Gasteiger partial charge in [0.05, 0.1) is 6.26 Å². The minimum Gasteiger partial charge on any atom is -0.469 e. The van der Waals surface area contributed by atoms with Gasteiger partial charge in [0.1, 0.15) is 5.76 Å². The Hall–Kier alpha value is -0.410. The maximum absolute atomic E-state index is 5.33. The molecule has 3 heteroatoms. The first-order valence-electron chi connectivity index (χ1n) is 6.22. The fourth-order valence-electron chi connectivity index (χ4n) is 2.05. The van der Waals surface area contributed by atoms with Gasteiger partial charge in [-0.2, -0.15) is 11.8 Å². The van der Waals surface area contributed by atoms with Crippen LogP contribution in [0.2, 0.25) is 0 Å². The lowest BCUT2D eigenvalue weighted by Crippen LogP contribution is -2.32. The molecule has 2 rings (SSSR count). The zero-order valence-electron chi connectivity index (χ0n) is 9.95. The molecule has 0 aromatic carbocycles. The highest BCUT2D eigenvalue weighted by Gasteiger charge is 2.15. The third-order valence-electron chi connectivity index (χ3n) is 3.12. The van der Waals surface area contributed by atoms with Gasteiger partial charge >= 0.3 is 0 Å². The van der Waals surface area contributed by atoms with Gasteiger partial charge in [-0.25, -0.2) is 0 Å². The number of hydrogen-bond acceptors (Lipinski definition) is 3. The Morgan fingerprint density at radius 2 is 2.56 bits per heavy atom. The van der Waals surface area contributed by atoms with Crippen LogP contribution in [0.15, 0.2) is 22.8 Å². The van der Waals surface area contributed by atoms with E-state index in [1.54, 1.807) is 6.26 Å². The number of hydrogen-bond donors (Lipinski definition) is 1. The average molecular weight is 239 g/mol. The second-order valence-electron chi connectivity index (χ2n) is 4.56. The summed E-state index contributed by atoms with van der Waals surface area (Å²) < 4.78 is 5.33. The molecule has 0 saturated carbocycles. The summed E-state index contributed by atoms with van der Waals surface area (Å²) >= 11 is 2.12. The minimum atomic E-state index is 0.589. The standard InChI is InChI=1S/C13H21NOS/c1-11(6-7-12-4-2-8-15-12)14-10-13-5-3-9-16-13/h2,4,8,11,13-14H,3,5-7,9-10H2,1H3. The summed E-state index contributed by atoms with van der Waals surface area (Å²) in [6.45, 7) is 3.44. The molecule has 0 amide bonds. The molecule has 0 bridgehead atoms. The normalized spacial score (nSPS) is 22.4. The molecule has 2 heterocycles. The molecule has 1 fully saturated rings. The van der Waals surface area contributed by atoms with Gasteiger partial charge < -0.3 is 9.73 Å². The van der Waals surface area contributed by atoms with Crippen LogP contribution in [0.4, 0.5) is 0 Å². The molecule has 1 aliphatic heterocycles. The molecule has 1 aliphatic rings. The van der Waals surface area contributed by atoms with E-state index in [1.165, 1.54) is 25.1 Å². The molecule has 16 heavy (non-hydrogen) atoms. The average Bonchev–Trinajstić information content (AvgIpc) is 2.96. The van der Waals surface area contributed by atoms with Crippen molar-refractivity contribution in [3.8, 4) is 0 Å². The molecule has 0 spiro atoms. The molecule has 0 aliphatic carbocycles. The Balaban J connectivity index is 1.58. The van der Waals surface area contributed by atoms with Crippen molar-refractivity contribution in [2.75, 3.05) is 12.3 Å². The van der Waals surface area contributed by atoms with Crippen LogP contribution in [0.25, 0.3) is 0 Å². The first kappa shape index (κ1) is 12.1. The summed E-state index contributed by atoms with van der Waals surface area (Å²) in [4.78, 5) is 0. The van der Waals surface area contributed by atoms with E-state index < -0.39 is 0 Å². The molecular formula is C13H21NOS. The van der Waals surface area contributed by atoms with Crippen LogP contribution < -0.4 is 5.32 Å². The second-order valence-corrected chi connectivity index (χ2v) is 5.97. The topological polar surface area (TPSA) is 25.2 Å². The zero-order chi connectivity index (χ0) is 11.2. The van der Waals surface area contributed by atoms with Crippen molar-refractivity contribution in [1.29, 1.82) is 0 Å². The van der Waals surface area contributed by atoms with Crippen LogP contribution >= 0.6 is 11.8 Å². The van der Waals surface area contributed by atoms with Gasteiger partial charge in [-0.1, -0.05) is 0 Å². The van der Waals surface area contributed by atoms with Crippen LogP contribution in [0.5, 0.6) is 0 Å². The third-order valence-corrected chi connectivity index (χ3v) is 4.52. The molecule has 2 atom stereocenters. The molecule has 0 radical (unpaired) electrons. The van der Waals surface area contributed by atoms with Crippen molar-refractivity contribution in [3.63, 3.8) is 0 Å². The highest BCUT2D eigenvalue weighted by atomic mass is 32.2. The molecule has 1 aromatic heterocycles. The third kappa shape index (κ3) is 3.87. The lowest BCUT2D eigenvalue weighted by Gasteiger charge is -2.16. The Morgan fingerprint density at radius 3 is 3.25 bits per heavy atom. The Morgan fingerprint density at radius 1 is 1.62 bits per heavy atom. The monoisotopic (exact) mass is 239 g/mol. The lowest BCUT2D eigenvalue weighted by atomic mass is 10.1. The molecule has 1 saturated heterocycles. The van der Waals surface area contributed by atoms with E-state index in [4.69, 9.17) is 4.42 Å². The van der Waals surface area contributed by atoms with E-state index in [1.807, 2.05) is 6.07 Å². The number of nitrogens with one attached hydrogen (secondary N) is 1. The molecule has 1 N–H and O–H groups in total. The summed E-state index contributed by atoms with van der Waals surface area (Å²) in [6.07, 6.45) is 6.74. The second kappa shape index (κ2) is 6.36. The number of thioether (sulfide) groups is 1. The minimum absolute atomic E-state index is 0.589. The van der Waals surface area contributed by atoms with E-state index in [9.17, 15) is 0 Å². The number of aryl methyl sites for hydroxylation is 1. The summed E-state index contributed by atoms with van der Waals surface area (Å²) in [5.74, 6) is 2.46. The van der Waals surface area contributed by atoms with Gasteiger partial charge in [-0.05, 0) is 44.1 Å². The van der Waals surface area contributed by atoms with Crippen molar-refractivity contribution in [2.45, 2.75) is 43.9 Å². The zero-order valence-corrected chi connectivity index (χ0v) is 10.8. The van der Waals surface area contributed by atoms with Crippen molar-refractivity contribution in [3.05, 3.63) is 24.2 Å². The lowest BCUT2D eigenvalue weighted by molar-refractivity contribution is 0.459. The van der Waals surface area contributed by atoms with E-state index in [0.29, 0.717) is 6.04 Å². The molecule has 90 valence electrons. The number of rotatable bonds is 6. The van der Waals surface area contributed by atoms with Crippen molar-refractivity contribution < 1.29 is 4.42 Å². The van der Waals surface area contributed by atoms with E-state index >= 15 is 0 Å². The molecule has 2 unspecified atom stereocenters. The summed E-state index contributed by atoms with van der Waals surface area (Å²) in [5, 5.41) is 4.48. The largest absolute Gasteiger partial charge is 0.469 e. The van der Waals surface area contributed by atoms with E-state index in [2.05, 4.69) is 30.1 Å². The molecule has 2 nitrogen and oxygen atoms in total. The highest BCUT2D eigenvalue weighted by molar-refractivity contribution is 8.00. The van der Waals surface area contributed by atoms with E-state index in [0.717, 1.165) is 23.9 Å². The SMILES string of the molecule is CC(CCc1ccco1)NCC1CCCS1. The van der Waals surface area contributed by atoms with E-state index in [-0.39, 0.29) is 0 Å². The fraction of sp³-hybridized carbons (Fsp3) is 0.692. The summed E-state index contributed by atoms with van der Waals surface area (Å²) in [6, 6.07) is 4.61. The highest BCUT2D eigenvalue weighted by Crippen LogP contribution is 2.25. The quantitative estimate of drug-likeness (QED) is 0.826. The molecule has 1 aromatic rings. The Bertz CT molecular complexity index is 280. The van der Waals surface area contributed by atoms with Crippen molar-refractivity contribution >= 4 is 11.8 Å². The van der Waals surface area contributed by atoms with Gasteiger partial charge in [0, 0.05) is 24.3 Å². The summed E-state index contributed by atoms with van der Waals surface area (Å²) in [7, 11) is 0. The Labute approximate surface area is 102 Å². The summed E-state index contributed by atoms with van der Waals surface area (Å²) in [5.41, 5.74) is 0. The fourth-order valence-corrected chi connectivity index (χ4v) is 3.27. The van der Waals surface area contributed by atoms with Crippen LogP contribution in [0.1, 0.15) is 31.9 Å². The predicted molar refractivity (Wildman–Crippen MR) is 70.0 cm³/mol. The van der Waals surface area contributed by atoms with Crippen LogP contribution in [0, 0.1) is 0 Å². The van der Waals surface area contributed by atoms with Crippen molar-refractivity contribution in [1.82, 2.24) is 5.32 Å². The van der Waals surface area contributed by atoms with Gasteiger partial charge in [0.2, 0.25) is 0 Å². The smallest absolute Gasteiger partial charge is 0.103 e. The van der Waals surface area contributed by atoms with Gasteiger partial charge in [0.15, 0.2) is 0 Å². The van der Waals surface area contributed by atoms with Crippen LogP contribution in [-0.4, -0.2) is 23.6 Å². The van der Waals surface area contributed by atoms with Gasteiger partial charge in [-0.3, -0.25) is 0 Å². The maximum atomic E-state index is 5.33. The van der Waals surface area contributed by atoms with Crippen molar-refractivity contribution in [2.24, 2.45) is 0 Å². The molecular weight excluding hydrogens is 218 g/mol. The predicted octanol–water partition coefficient (Wildman–Crippen LogP) is 3.09.